The van der Waals surface area contributed by atoms with E-state index >= 15 is 0 Å². The topological polar surface area (TPSA) is 87.0 Å². The normalized spacial score (nSPS) is 21.0. The van der Waals surface area contributed by atoms with Crippen LogP contribution < -0.4 is 5.32 Å². The number of hydrogen-bond donors (Lipinski definition) is 2. The van der Waals surface area contributed by atoms with Gasteiger partial charge in [-0.15, -0.1) is 11.3 Å². The second-order valence-electron chi connectivity index (χ2n) is 7.53. The van der Waals surface area contributed by atoms with Gasteiger partial charge in [-0.1, -0.05) is 17.7 Å². The van der Waals surface area contributed by atoms with Crippen molar-refractivity contribution in [3.8, 4) is 0 Å². The molecule has 0 amide bonds. The van der Waals surface area contributed by atoms with Gasteiger partial charge in [0.1, 0.15) is 11.9 Å². The zero-order valence-electron chi connectivity index (χ0n) is 16.4. The van der Waals surface area contributed by atoms with Crippen molar-refractivity contribution in [3.05, 3.63) is 62.5 Å². The molecule has 10 heteroatoms. The summed E-state index contributed by atoms with van der Waals surface area (Å²) in [5.74, 6) is -0.545. The summed E-state index contributed by atoms with van der Waals surface area (Å²) < 4.78 is 18.7. The Morgan fingerprint density at radius 3 is 2.87 bits per heavy atom. The highest BCUT2D eigenvalue weighted by Gasteiger charge is 2.39. The molecule has 1 aromatic carbocycles. The highest BCUT2D eigenvalue weighted by molar-refractivity contribution is 7.11. The quantitative estimate of drug-likeness (QED) is 0.681. The molecule has 2 aliphatic rings. The average Bonchev–Trinajstić information content (AvgIpc) is 3.20. The summed E-state index contributed by atoms with van der Waals surface area (Å²) in [6, 6.07) is 3.20. The maximum Gasteiger partial charge on any atom is 0.338 e. The van der Waals surface area contributed by atoms with E-state index in [4.69, 9.17) is 16.3 Å². The summed E-state index contributed by atoms with van der Waals surface area (Å²) in [5, 5.41) is 15.9. The number of nitrogens with one attached hydrogen (secondary N) is 1. The number of aliphatic hydroxyl groups is 1. The number of nitrogens with zero attached hydrogens (tertiary/aromatic N) is 3. The number of rotatable bonds is 5. The molecule has 4 rings (SSSR count). The molecule has 30 heavy (non-hydrogen) atoms. The van der Waals surface area contributed by atoms with E-state index in [2.05, 4.69) is 15.3 Å². The van der Waals surface area contributed by atoms with Gasteiger partial charge in [0.25, 0.3) is 0 Å². The van der Waals surface area contributed by atoms with Crippen molar-refractivity contribution in [2.24, 2.45) is 4.99 Å². The van der Waals surface area contributed by atoms with Crippen molar-refractivity contribution >= 4 is 34.7 Å². The van der Waals surface area contributed by atoms with E-state index < -0.39 is 23.4 Å². The standard InChI is InChI=1S/C20H20ClFN4O3S/c1-20(28)9-26(10-20)8-14-15(19(27)29-2)16(12-4-3-11(22)7-13(12)21)25-17(24-14)18-23-5-6-30-18/h3-7,16,28H,8-10H2,1-2H3,(H,24,25). The molecule has 0 spiro atoms. The fourth-order valence-corrected chi connectivity index (χ4v) is 4.58. The van der Waals surface area contributed by atoms with Crippen molar-refractivity contribution in [1.29, 1.82) is 0 Å². The van der Waals surface area contributed by atoms with Crippen LogP contribution in [0.3, 0.4) is 0 Å². The van der Waals surface area contributed by atoms with Crippen LogP contribution >= 0.6 is 22.9 Å². The van der Waals surface area contributed by atoms with Crippen molar-refractivity contribution in [2.45, 2.75) is 18.6 Å². The Kier molecular flexibility index (Phi) is 5.63. The van der Waals surface area contributed by atoms with E-state index in [1.165, 1.54) is 36.6 Å². The Labute approximate surface area is 181 Å². The number of methoxy groups -OCH3 is 1. The maximum absolute atomic E-state index is 13.6. The summed E-state index contributed by atoms with van der Waals surface area (Å²) in [6.45, 7) is 3.08. The maximum atomic E-state index is 13.6. The van der Waals surface area contributed by atoms with Crippen LogP contribution in [0.4, 0.5) is 4.39 Å². The van der Waals surface area contributed by atoms with Gasteiger partial charge in [-0.2, -0.15) is 0 Å². The predicted octanol–water partition coefficient (Wildman–Crippen LogP) is 2.52. The number of hydrogen-bond acceptors (Lipinski definition) is 8. The fourth-order valence-electron chi connectivity index (χ4n) is 3.72. The molecule has 1 aromatic heterocycles. The van der Waals surface area contributed by atoms with E-state index in [1.54, 1.807) is 13.1 Å². The number of carbonyl (C=O) groups is 1. The van der Waals surface area contributed by atoms with E-state index in [0.29, 0.717) is 41.7 Å². The zero-order chi connectivity index (χ0) is 21.5. The number of aliphatic imine (C=N–C) groups is 1. The molecular formula is C20H20ClFN4O3S. The monoisotopic (exact) mass is 450 g/mol. The van der Waals surface area contributed by atoms with Gasteiger partial charge < -0.3 is 15.2 Å². The highest BCUT2D eigenvalue weighted by Crippen LogP contribution is 2.37. The molecule has 158 valence electrons. The molecule has 3 heterocycles. The third kappa shape index (κ3) is 4.11. The van der Waals surface area contributed by atoms with Gasteiger partial charge in [-0.05, 0) is 19.1 Å². The second kappa shape index (κ2) is 8.07. The molecule has 1 saturated heterocycles. The Hall–Kier alpha value is -2.33. The van der Waals surface area contributed by atoms with Crippen molar-refractivity contribution in [2.75, 3.05) is 26.7 Å². The first kappa shape index (κ1) is 20.9. The molecule has 0 saturated carbocycles. The Morgan fingerprint density at radius 2 is 2.27 bits per heavy atom. The molecule has 0 radical (unpaired) electrons. The lowest BCUT2D eigenvalue weighted by Gasteiger charge is -2.45. The predicted molar refractivity (Wildman–Crippen MR) is 112 cm³/mol. The van der Waals surface area contributed by atoms with Gasteiger partial charge in [0.2, 0.25) is 0 Å². The summed E-state index contributed by atoms with van der Waals surface area (Å²) >= 11 is 7.72. The molecule has 1 fully saturated rings. The van der Waals surface area contributed by atoms with Crippen molar-refractivity contribution in [1.82, 2.24) is 15.2 Å². The number of β-amino-alcohol motifs (C(OH)–C–C–N with tert-alkyl or cyclic N) is 1. The minimum atomic E-state index is -0.789. The first-order valence-electron chi connectivity index (χ1n) is 9.23. The number of esters is 1. The van der Waals surface area contributed by atoms with Crippen LogP contribution in [0.15, 0.2) is 46.0 Å². The van der Waals surface area contributed by atoms with Gasteiger partial charge in [0.15, 0.2) is 10.8 Å². The van der Waals surface area contributed by atoms with Gasteiger partial charge in [-0.25, -0.2) is 14.2 Å². The van der Waals surface area contributed by atoms with Crippen molar-refractivity contribution in [3.63, 3.8) is 0 Å². The van der Waals surface area contributed by atoms with Crippen LogP contribution in [0.25, 0.3) is 0 Å². The number of halogens is 2. The fraction of sp³-hybridized carbons (Fsp3) is 0.350. The van der Waals surface area contributed by atoms with Crippen LogP contribution in [0.5, 0.6) is 0 Å². The van der Waals surface area contributed by atoms with Crippen LogP contribution in [0.2, 0.25) is 5.02 Å². The van der Waals surface area contributed by atoms with Gasteiger partial charge in [0, 0.05) is 47.5 Å². The first-order valence-corrected chi connectivity index (χ1v) is 10.5. The van der Waals surface area contributed by atoms with E-state index in [1.807, 2.05) is 10.3 Å². The summed E-state index contributed by atoms with van der Waals surface area (Å²) in [5.41, 5.74) is 0.606. The number of likely N-dealkylation sites (tertiary alicyclic amines) is 1. The zero-order valence-corrected chi connectivity index (χ0v) is 17.9. The minimum Gasteiger partial charge on any atom is -0.466 e. The highest BCUT2D eigenvalue weighted by atomic mass is 35.5. The number of amidine groups is 1. The Bertz CT molecular complexity index is 1030. The molecule has 2 aromatic rings. The molecule has 2 N–H and O–H groups in total. The van der Waals surface area contributed by atoms with E-state index in [0.717, 1.165) is 0 Å². The Balaban J connectivity index is 1.80. The summed E-state index contributed by atoms with van der Waals surface area (Å²) in [7, 11) is 1.30. The van der Waals surface area contributed by atoms with Crippen LogP contribution in [0, 0.1) is 5.82 Å². The molecule has 7 nitrogen and oxygen atoms in total. The van der Waals surface area contributed by atoms with Gasteiger partial charge in [0.05, 0.1) is 18.3 Å². The second-order valence-corrected chi connectivity index (χ2v) is 8.84. The third-order valence-corrected chi connectivity index (χ3v) is 6.04. The Morgan fingerprint density at radius 1 is 1.50 bits per heavy atom. The van der Waals surface area contributed by atoms with Crippen LogP contribution in [-0.4, -0.2) is 59.1 Å². The van der Waals surface area contributed by atoms with Crippen molar-refractivity contribution < 1.29 is 19.0 Å². The molecule has 1 atom stereocenters. The lowest BCUT2D eigenvalue weighted by Crippen LogP contribution is -2.60. The largest absolute Gasteiger partial charge is 0.466 e. The number of ether oxygens (including phenoxy) is 1. The molecule has 2 aliphatic heterocycles. The lowest BCUT2D eigenvalue weighted by atomic mass is 9.93. The summed E-state index contributed by atoms with van der Waals surface area (Å²) in [6.07, 6.45) is 1.66. The van der Waals surface area contributed by atoms with E-state index in [9.17, 15) is 14.3 Å². The molecule has 0 bridgehead atoms. The molecular weight excluding hydrogens is 431 g/mol. The number of aromatic nitrogens is 1. The number of benzene rings is 1. The van der Waals surface area contributed by atoms with Crippen LogP contribution in [0.1, 0.15) is 23.5 Å². The minimum absolute atomic E-state index is 0.164. The smallest absolute Gasteiger partial charge is 0.338 e. The van der Waals surface area contributed by atoms with Gasteiger partial charge in [-0.3, -0.25) is 9.89 Å². The SMILES string of the molecule is COC(=O)C1=C(CN2CC(C)(O)C2)NC(c2nccs2)=NC1c1ccc(F)cc1Cl. The average molecular weight is 451 g/mol. The number of carbonyl (C=O) groups excluding carboxylic acids is 1. The third-order valence-electron chi connectivity index (χ3n) is 4.93. The first-order chi connectivity index (χ1) is 14.3. The molecule has 1 unspecified atom stereocenters. The number of thiazole rings is 1. The summed E-state index contributed by atoms with van der Waals surface area (Å²) in [4.78, 5) is 23.8. The van der Waals surface area contributed by atoms with Gasteiger partial charge >= 0.3 is 5.97 Å². The lowest BCUT2D eigenvalue weighted by molar-refractivity contribution is -0.136. The van der Waals surface area contributed by atoms with Crippen LogP contribution in [-0.2, 0) is 9.53 Å². The molecule has 0 aliphatic carbocycles. The van der Waals surface area contributed by atoms with E-state index in [-0.39, 0.29) is 10.6 Å².